The molecule has 1 aliphatic heterocycles. The molecule has 0 fully saturated rings. The summed E-state index contributed by atoms with van der Waals surface area (Å²) < 4.78 is 4.91. The highest BCUT2D eigenvalue weighted by molar-refractivity contribution is 8.00. The molecule has 3 rings (SSSR count). The lowest BCUT2D eigenvalue weighted by Gasteiger charge is -2.17. The Morgan fingerprint density at radius 1 is 1.27 bits per heavy atom. The van der Waals surface area contributed by atoms with Crippen LogP contribution in [0.15, 0.2) is 53.4 Å². The second-order valence-corrected chi connectivity index (χ2v) is 7.27. The van der Waals surface area contributed by atoms with Gasteiger partial charge in [0.05, 0.1) is 18.8 Å². The average Bonchev–Trinajstić information content (AvgIpc) is 2.73. The van der Waals surface area contributed by atoms with Crippen LogP contribution in [0.2, 0.25) is 0 Å². The summed E-state index contributed by atoms with van der Waals surface area (Å²) in [6.45, 7) is 2.55. The highest BCUT2D eigenvalue weighted by atomic mass is 32.2. The molecule has 0 saturated heterocycles. The van der Waals surface area contributed by atoms with Gasteiger partial charge in [0.15, 0.2) is 0 Å². The summed E-state index contributed by atoms with van der Waals surface area (Å²) in [5.74, 6) is -0.145. The molecule has 1 unspecified atom stereocenters. The molecule has 2 aromatic rings. The number of methoxy groups -OCH3 is 1. The molecule has 1 heterocycles. The Bertz CT molecular complexity index is 764. The lowest BCUT2D eigenvalue weighted by Crippen LogP contribution is -2.33. The number of hydrogen-bond acceptors (Lipinski definition) is 4. The number of aliphatic carboxylic acids is 1. The van der Waals surface area contributed by atoms with E-state index in [0.717, 1.165) is 21.8 Å². The first kappa shape index (κ1) is 19.8. The molecule has 0 aromatic heterocycles. The standard InChI is InChI=1S/C13H15NO3S.C7H8O/c1-8-3-4-10-9(5-8)7-14(2)13(17)11(18-10)6-12(15)16;1-8-7-5-3-2-4-6-7/h3-5,11H,6-7H2,1-2H3,(H,15,16);2-6H,1H3. The third-order valence-electron chi connectivity index (χ3n) is 3.88. The molecule has 5 nitrogen and oxygen atoms in total. The Hall–Kier alpha value is -2.47. The van der Waals surface area contributed by atoms with Crippen LogP contribution in [0.25, 0.3) is 0 Å². The number of hydrogen-bond donors (Lipinski definition) is 1. The van der Waals surface area contributed by atoms with E-state index < -0.39 is 11.2 Å². The van der Waals surface area contributed by atoms with E-state index in [2.05, 4.69) is 6.07 Å². The third kappa shape index (κ3) is 5.52. The molecule has 0 bridgehead atoms. The predicted molar refractivity (Wildman–Crippen MR) is 103 cm³/mol. The zero-order chi connectivity index (χ0) is 19.1. The molecule has 0 spiro atoms. The van der Waals surface area contributed by atoms with Gasteiger partial charge in [-0.15, -0.1) is 11.8 Å². The highest BCUT2D eigenvalue weighted by Crippen LogP contribution is 2.34. The minimum atomic E-state index is -0.940. The zero-order valence-corrected chi connectivity index (χ0v) is 16.0. The number of aryl methyl sites for hydroxylation is 1. The first-order valence-corrected chi connectivity index (χ1v) is 9.10. The van der Waals surface area contributed by atoms with Gasteiger partial charge in [-0.05, 0) is 30.7 Å². The van der Waals surface area contributed by atoms with Crippen LogP contribution in [0.5, 0.6) is 5.75 Å². The van der Waals surface area contributed by atoms with Crippen LogP contribution in [-0.2, 0) is 16.1 Å². The van der Waals surface area contributed by atoms with Crippen LogP contribution in [0, 0.1) is 6.92 Å². The number of rotatable bonds is 3. The van der Waals surface area contributed by atoms with E-state index in [9.17, 15) is 9.59 Å². The van der Waals surface area contributed by atoms with Crippen LogP contribution in [0.3, 0.4) is 0 Å². The van der Waals surface area contributed by atoms with E-state index in [0.29, 0.717) is 6.54 Å². The fourth-order valence-electron chi connectivity index (χ4n) is 2.57. The largest absolute Gasteiger partial charge is 0.497 e. The third-order valence-corrected chi connectivity index (χ3v) is 5.19. The number of fused-ring (bicyclic) bond motifs is 1. The maximum Gasteiger partial charge on any atom is 0.305 e. The van der Waals surface area contributed by atoms with Crippen LogP contribution in [0.1, 0.15) is 17.5 Å². The fourth-order valence-corrected chi connectivity index (χ4v) is 3.81. The number of amides is 1. The Balaban J connectivity index is 0.000000254. The van der Waals surface area contributed by atoms with Gasteiger partial charge in [0, 0.05) is 18.5 Å². The highest BCUT2D eigenvalue weighted by Gasteiger charge is 2.30. The number of carboxylic acids is 1. The molecule has 0 saturated carbocycles. The average molecular weight is 373 g/mol. The van der Waals surface area contributed by atoms with E-state index in [1.807, 2.05) is 49.4 Å². The molecule has 1 N–H and O–H groups in total. The molecular weight excluding hydrogens is 350 g/mol. The van der Waals surface area contributed by atoms with E-state index in [1.54, 1.807) is 19.1 Å². The van der Waals surface area contributed by atoms with Crippen LogP contribution < -0.4 is 4.74 Å². The quantitative estimate of drug-likeness (QED) is 0.890. The summed E-state index contributed by atoms with van der Waals surface area (Å²) >= 11 is 1.35. The van der Waals surface area contributed by atoms with Crippen LogP contribution in [0.4, 0.5) is 0 Å². The summed E-state index contributed by atoms with van der Waals surface area (Å²) in [4.78, 5) is 25.5. The van der Waals surface area contributed by atoms with Crippen LogP contribution >= 0.6 is 11.8 Å². The molecule has 138 valence electrons. The zero-order valence-electron chi connectivity index (χ0n) is 15.1. The number of para-hydroxylation sites is 1. The lowest BCUT2D eigenvalue weighted by molar-refractivity contribution is -0.140. The van der Waals surface area contributed by atoms with Crippen molar-refractivity contribution in [2.24, 2.45) is 0 Å². The van der Waals surface area contributed by atoms with Gasteiger partial charge in [0.25, 0.3) is 0 Å². The monoisotopic (exact) mass is 373 g/mol. The molecule has 6 heteroatoms. The maximum absolute atomic E-state index is 12.1. The van der Waals surface area contributed by atoms with Gasteiger partial charge in [-0.1, -0.05) is 35.9 Å². The molecule has 1 atom stereocenters. The molecule has 1 aliphatic rings. The Labute approximate surface area is 158 Å². The number of thioether (sulfide) groups is 1. The molecule has 0 radical (unpaired) electrons. The number of carbonyl (C=O) groups is 2. The molecule has 2 aromatic carbocycles. The summed E-state index contributed by atoms with van der Waals surface area (Å²) in [7, 11) is 3.38. The van der Waals surface area contributed by atoms with E-state index in [-0.39, 0.29) is 12.3 Å². The van der Waals surface area contributed by atoms with Crippen molar-refractivity contribution in [2.75, 3.05) is 14.2 Å². The summed E-state index contributed by atoms with van der Waals surface area (Å²) in [5, 5.41) is 8.34. The number of ether oxygens (including phenoxy) is 1. The summed E-state index contributed by atoms with van der Waals surface area (Å²) in [6.07, 6.45) is -0.138. The van der Waals surface area contributed by atoms with Gasteiger partial charge in [0.1, 0.15) is 5.75 Å². The normalized spacial score (nSPS) is 16.0. The van der Waals surface area contributed by atoms with Gasteiger partial charge >= 0.3 is 5.97 Å². The molecule has 1 amide bonds. The van der Waals surface area contributed by atoms with Crippen molar-refractivity contribution >= 4 is 23.6 Å². The van der Waals surface area contributed by atoms with Crippen molar-refractivity contribution in [2.45, 2.75) is 30.0 Å². The summed E-state index contributed by atoms with van der Waals surface area (Å²) in [6, 6.07) is 15.7. The number of nitrogens with zero attached hydrogens (tertiary/aromatic N) is 1. The number of carbonyl (C=O) groups excluding carboxylic acids is 1. The van der Waals surface area contributed by atoms with Crippen molar-refractivity contribution in [3.8, 4) is 5.75 Å². The van der Waals surface area contributed by atoms with Gasteiger partial charge in [0.2, 0.25) is 5.91 Å². The molecular formula is C20H23NO4S. The van der Waals surface area contributed by atoms with E-state index in [4.69, 9.17) is 9.84 Å². The Morgan fingerprint density at radius 3 is 2.54 bits per heavy atom. The molecule has 0 aliphatic carbocycles. The van der Waals surface area contributed by atoms with Crippen molar-refractivity contribution in [3.63, 3.8) is 0 Å². The number of benzene rings is 2. The lowest BCUT2D eigenvalue weighted by atomic mass is 10.1. The van der Waals surface area contributed by atoms with Crippen molar-refractivity contribution < 1.29 is 19.4 Å². The van der Waals surface area contributed by atoms with Crippen LogP contribution in [-0.4, -0.2) is 41.3 Å². The Kier molecular flexibility index (Phi) is 7.09. The Morgan fingerprint density at radius 2 is 1.96 bits per heavy atom. The van der Waals surface area contributed by atoms with Gasteiger partial charge in [-0.3, -0.25) is 9.59 Å². The smallest absolute Gasteiger partial charge is 0.305 e. The molecule has 26 heavy (non-hydrogen) atoms. The summed E-state index contributed by atoms with van der Waals surface area (Å²) in [5.41, 5.74) is 2.23. The second-order valence-electron chi connectivity index (χ2n) is 6.03. The van der Waals surface area contributed by atoms with Gasteiger partial charge in [-0.2, -0.15) is 0 Å². The topological polar surface area (TPSA) is 66.8 Å². The van der Waals surface area contributed by atoms with E-state index in [1.165, 1.54) is 11.8 Å². The van der Waals surface area contributed by atoms with Gasteiger partial charge in [-0.25, -0.2) is 0 Å². The first-order chi connectivity index (χ1) is 12.4. The fraction of sp³-hybridized carbons (Fsp3) is 0.300. The maximum atomic E-state index is 12.1. The predicted octanol–water partition coefficient (Wildman–Crippen LogP) is 3.60. The van der Waals surface area contributed by atoms with E-state index >= 15 is 0 Å². The minimum Gasteiger partial charge on any atom is -0.497 e. The van der Waals surface area contributed by atoms with Crippen molar-refractivity contribution in [1.82, 2.24) is 4.90 Å². The number of carboxylic acid groups (broad SMARTS) is 1. The first-order valence-electron chi connectivity index (χ1n) is 8.22. The second kappa shape index (κ2) is 9.29. The van der Waals surface area contributed by atoms with Gasteiger partial charge < -0.3 is 14.7 Å². The van der Waals surface area contributed by atoms with Crippen molar-refractivity contribution in [1.29, 1.82) is 0 Å². The SMILES string of the molecule is COc1ccccc1.Cc1ccc2c(c1)CN(C)C(=O)C(CC(=O)O)S2. The minimum absolute atomic E-state index is 0.115. The van der Waals surface area contributed by atoms with Crippen molar-refractivity contribution in [3.05, 3.63) is 59.7 Å².